The monoisotopic (exact) mass is 260 g/mol. The average molecular weight is 260 g/mol. The first-order valence-electron chi connectivity index (χ1n) is 6.44. The van der Waals surface area contributed by atoms with Crippen molar-refractivity contribution >= 4 is 11.7 Å². The van der Waals surface area contributed by atoms with Crippen LogP contribution in [-0.4, -0.2) is 16.0 Å². The molecule has 2 atom stereocenters. The molecule has 4 nitrogen and oxygen atoms in total. The number of aromatic nitrogens is 1. The Balaban J connectivity index is 2.10. The molecular formula is C15H20N2O2. The summed E-state index contributed by atoms with van der Waals surface area (Å²) in [6.07, 6.45) is 3.68. The maximum atomic E-state index is 12.2. The number of allylic oxidation sites excluding steroid dienone is 2. The van der Waals surface area contributed by atoms with Gasteiger partial charge < -0.3 is 10.4 Å². The van der Waals surface area contributed by atoms with E-state index in [9.17, 15) is 9.90 Å². The molecule has 0 aliphatic heterocycles. The Morgan fingerprint density at radius 3 is 2.74 bits per heavy atom. The average Bonchev–Trinajstić information content (AvgIpc) is 2.82. The number of anilines is 1. The van der Waals surface area contributed by atoms with Crippen LogP contribution < -0.4 is 5.32 Å². The number of aromatic hydroxyl groups is 1. The van der Waals surface area contributed by atoms with Crippen molar-refractivity contribution in [1.29, 1.82) is 0 Å². The molecule has 0 aromatic carbocycles. The van der Waals surface area contributed by atoms with Gasteiger partial charge in [0.1, 0.15) is 0 Å². The van der Waals surface area contributed by atoms with Gasteiger partial charge in [-0.25, -0.2) is 4.98 Å². The highest BCUT2D eigenvalue weighted by molar-refractivity contribution is 5.96. The molecule has 1 saturated carbocycles. The van der Waals surface area contributed by atoms with Gasteiger partial charge in [-0.05, 0) is 37.3 Å². The molecule has 0 radical (unpaired) electrons. The van der Waals surface area contributed by atoms with E-state index in [-0.39, 0.29) is 34.7 Å². The van der Waals surface area contributed by atoms with Crippen LogP contribution in [0.15, 0.2) is 30.0 Å². The van der Waals surface area contributed by atoms with Crippen molar-refractivity contribution < 1.29 is 9.90 Å². The van der Waals surface area contributed by atoms with Crippen molar-refractivity contribution in [2.24, 2.45) is 17.3 Å². The highest BCUT2D eigenvalue weighted by Gasteiger charge is 2.60. The normalized spacial score (nSPS) is 23.6. The van der Waals surface area contributed by atoms with Crippen LogP contribution in [0.5, 0.6) is 5.75 Å². The van der Waals surface area contributed by atoms with Gasteiger partial charge in [0.05, 0.1) is 5.92 Å². The highest BCUT2D eigenvalue weighted by atomic mass is 16.3. The van der Waals surface area contributed by atoms with Crippen LogP contribution in [0.1, 0.15) is 27.7 Å². The number of carbonyl (C=O) groups excluding carboxylic acids is 1. The molecule has 102 valence electrons. The second-order valence-corrected chi connectivity index (χ2v) is 5.93. The Hall–Kier alpha value is -1.84. The Morgan fingerprint density at radius 2 is 2.16 bits per heavy atom. The summed E-state index contributed by atoms with van der Waals surface area (Å²) < 4.78 is 0. The third kappa shape index (κ3) is 2.62. The van der Waals surface area contributed by atoms with E-state index in [4.69, 9.17) is 0 Å². The van der Waals surface area contributed by atoms with Crippen molar-refractivity contribution in [2.75, 3.05) is 5.32 Å². The second-order valence-electron chi connectivity index (χ2n) is 5.93. The van der Waals surface area contributed by atoms with Gasteiger partial charge in [0.15, 0.2) is 11.6 Å². The van der Waals surface area contributed by atoms with Crippen LogP contribution in [0.25, 0.3) is 0 Å². The number of nitrogens with zero attached hydrogens (tertiary/aromatic N) is 1. The molecule has 2 N–H and O–H groups in total. The van der Waals surface area contributed by atoms with E-state index in [1.54, 1.807) is 12.3 Å². The Labute approximate surface area is 113 Å². The molecule has 1 heterocycles. The number of carbonyl (C=O) groups is 1. The van der Waals surface area contributed by atoms with Crippen molar-refractivity contribution in [3.63, 3.8) is 0 Å². The lowest BCUT2D eigenvalue weighted by atomic mass is 10.1. The minimum Gasteiger partial charge on any atom is -0.504 e. The molecule has 0 spiro atoms. The molecule has 4 heteroatoms. The molecular weight excluding hydrogens is 240 g/mol. The second kappa shape index (κ2) is 4.68. The van der Waals surface area contributed by atoms with Gasteiger partial charge in [-0.1, -0.05) is 25.5 Å². The zero-order valence-electron chi connectivity index (χ0n) is 11.8. The summed E-state index contributed by atoms with van der Waals surface area (Å²) in [7, 11) is 0. The minimum absolute atomic E-state index is 0.00642. The van der Waals surface area contributed by atoms with E-state index in [2.05, 4.69) is 30.2 Å². The molecule has 19 heavy (non-hydrogen) atoms. The smallest absolute Gasteiger partial charge is 0.229 e. The van der Waals surface area contributed by atoms with Crippen molar-refractivity contribution in [1.82, 2.24) is 4.98 Å². The summed E-state index contributed by atoms with van der Waals surface area (Å²) >= 11 is 0. The van der Waals surface area contributed by atoms with Crippen molar-refractivity contribution in [2.45, 2.75) is 27.7 Å². The largest absolute Gasteiger partial charge is 0.504 e. The molecule has 1 aromatic rings. The molecule has 0 bridgehead atoms. The molecule has 2 unspecified atom stereocenters. The lowest BCUT2D eigenvalue weighted by molar-refractivity contribution is -0.118. The first-order valence-corrected chi connectivity index (χ1v) is 6.44. The predicted molar refractivity (Wildman–Crippen MR) is 74.7 cm³/mol. The van der Waals surface area contributed by atoms with Crippen LogP contribution in [0.3, 0.4) is 0 Å². The number of hydrogen-bond acceptors (Lipinski definition) is 3. The zero-order chi connectivity index (χ0) is 14.2. The van der Waals surface area contributed by atoms with E-state index >= 15 is 0 Å². The fourth-order valence-corrected chi connectivity index (χ4v) is 2.54. The summed E-state index contributed by atoms with van der Waals surface area (Å²) in [4.78, 5) is 16.2. The first kappa shape index (κ1) is 13.6. The number of pyridine rings is 1. The summed E-state index contributed by atoms with van der Waals surface area (Å²) in [6, 6.07) is 3.13. The molecule has 1 amide bonds. The van der Waals surface area contributed by atoms with Crippen LogP contribution in [0.4, 0.5) is 5.82 Å². The summed E-state index contributed by atoms with van der Waals surface area (Å²) in [6.45, 7) is 8.24. The van der Waals surface area contributed by atoms with Crippen LogP contribution in [-0.2, 0) is 4.79 Å². The third-order valence-electron chi connectivity index (χ3n) is 3.73. The maximum absolute atomic E-state index is 12.2. The van der Waals surface area contributed by atoms with E-state index in [0.29, 0.717) is 0 Å². The number of rotatable bonds is 3. The molecule has 2 rings (SSSR count). The summed E-state index contributed by atoms with van der Waals surface area (Å²) in [5, 5.41) is 12.3. The number of nitrogens with one attached hydrogen (secondary N) is 1. The van der Waals surface area contributed by atoms with Gasteiger partial charge in [0.25, 0.3) is 0 Å². The van der Waals surface area contributed by atoms with Gasteiger partial charge in [-0.3, -0.25) is 4.79 Å². The van der Waals surface area contributed by atoms with Crippen LogP contribution in [0, 0.1) is 17.3 Å². The SMILES string of the molecule is CC(C)=CC1C(C(=O)Nc2ncccc2O)C1(C)C. The number of amides is 1. The van der Waals surface area contributed by atoms with Crippen LogP contribution >= 0.6 is 0 Å². The molecule has 1 aliphatic rings. The standard InChI is InChI=1S/C15H20N2O2/c1-9(2)8-10-12(15(10,3)4)14(19)17-13-11(18)6-5-7-16-13/h5-8,10,12,18H,1-4H3,(H,16,17,19). The zero-order valence-corrected chi connectivity index (χ0v) is 11.8. The van der Waals surface area contributed by atoms with Gasteiger partial charge in [-0.15, -0.1) is 0 Å². The van der Waals surface area contributed by atoms with Crippen LogP contribution in [0.2, 0.25) is 0 Å². The van der Waals surface area contributed by atoms with E-state index in [0.717, 1.165) is 0 Å². The van der Waals surface area contributed by atoms with E-state index in [1.807, 2.05) is 13.8 Å². The molecule has 1 aliphatic carbocycles. The Morgan fingerprint density at radius 1 is 1.47 bits per heavy atom. The molecule has 1 aromatic heterocycles. The van der Waals surface area contributed by atoms with Crippen molar-refractivity contribution in [3.05, 3.63) is 30.0 Å². The van der Waals surface area contributed by atoms with Gasteiger partial charge in [0.2, 0.25) is 5.91 Å². The lowest BCUT2D eigenvalue weighted by Gasteiger charge is -2.06. The first-order chi connectivity index (χ1) is 8.84. The fourth-order valence-electron chi connectivity index (χ4n) is 2.54. The lowest BCUT2D eigenvalue weighted by Crippen LogP contribution is -2.17. The molecule has 1 fully saturated rings. The van der Waals surface area contributed by atoms with E-state index < -0.39 is 0 Å². The predicted octanol–water partition coefficient (Wildman–Crippen LogP) is 2.96. The van der Waals surface area contributed by atoms with Crippen molar-refractivity contribution in [3.8, 4) is 5.75 Å². The van der Waals surface area contributed by atoms with Gasteiger partial charge >= 0.3 is 0 Å². The summed E-state index contributed by atoms with van der Waals surface area (Å²) in [5.41, 5.74) is 1.18. The quantitative estimate of drug-likeness (QED) is 0.821. The summed E-state index contributed by atoms with van der Waals surface area (Å²) in [5.74, 6) is 0.327. The highest BCUT2D eigenvalue weighted by Crippen LogP contribution is 2.59. The third-order valence-corrected chi connectivity index (χ3v) is 3.73. The number of hydrogen-bond donors (Lipinski definition) is 2. The topological polar surface area (TPSA) is 62.2 Å². The maximum Gasteiger partial charge on any atom is 0.229 e. The molecule has 0 saturated heterocycles. The van der Waals surface area contributed by atoms with Gasteiger partial charge in [-0.2, -0.15) is 0 Å². The Kier molecular flexibility index (Phi) is 3.35. The van der Waals surface area contributed by atoms with Gasteiger partial charge in [0, 0.05) is 6.20 Å². The van der Waals surface area contributed by atoms with E-state index in [1.165, 1.54) is 11.6 Å². The minimum atomic E-state index is -0.0819. The fraction of sp³-hybridized carbons (Fsp3) is 0.467. The Bertz CT molecular complexity index is 531.